The van der Waals surface area contributed by atoms with Gasteiger partial charge in [0.25, 0.3) is 0 Å². The molecular weight excluding hydrogens is 255 g/mol. The van der Waals surface area contributed by atoms with Crippen LogP contribution in [0.15, 0.2) is 48.5 Å². The van der Waals surface area contributed by atoms with Gasteiger partial charge < -0.3 is 5.32 Å². The minimum Gasteiger partial charge on any atom is -0.320 e. The van der Waals surface area contributed by atoms with Gasteiger partial charge >= 0.3 is 0 Å². The van der Waals surface area contributed by atoms with Crippen LogP contribution in [-0.4, -0.2) is 13.5 Å². The SMILES string of the molecule is [2H][13C]([2H])([2H])NCCCC12CCC(c3ccccc31)c1ccccc12. The molecule has 2 aromatic carbocycles. The monoisotopic (exact) mass is 281 g/mol. The Kier molecular flexibility index (Phi) is 2.42. The van der Waals surface area contributed by atoms with E-state index in [0.717, 1.165) is 12.8 Å². The van der Waals surface area contributed by atoms with Crippen LogP contribution in [0.4, 0.5) is 0 Å². The Labute approximate surface area is 131 Å². The number of rotatable bonds is 4. The summed E-state index contributed by atoms with van der Waals surface area (Å²) in [4.78, 5) is 0. The van der Waals surface area contributed by atoms with Crippen molar-refractivity contribution in [2.45, 2.75) is 37.0 Å². The maximum absolute atomic E-state index is 7.31. The van der Waals surface area contributed by atoms with Crippen molar-refractivity contribution in [1.82, 2.24) is 5.32 Å². The molecule has 1 nitrogen and oxygen atoms in total. The molecule has 21 heavy (non-hydrogen) atoms. The minimum atomic E-state index is -2.04. The first-order chi connectivity index (χ1) is 11.5. The second-order valence-corrected chi connectivity index (χ2v) is 6.38. The molecule has 1 N–H and O–H groups in total. The minimum absolute atomic E-state index is 0.0539. The zero-order valence-corrected chi connectivity index (χ0v) is 12.2. The lowest BCUT2D eigenvalue weighted by Crippen LogP contribution is -2.40. The van der Waals surface area contributed by atoms with E-state index in [1.807, 2.05) is 0 Å². The average molecular weight is 281 g/mol. The summed E-state index contributed by atoms with van der Waals surface area (Å²) in [7, 11) is 0. The van der Waals surface area contributed by atoms with Gasteiger partial charge in [-0.1, -0.05) is 48.5 Å². The molecule has 2 bridgehead atoms. The molecule has 0 heterocycles. The highest BCUT2D eigenvalue weighted by Gasteiger charge is 2.47. The topological polar surface area (TPSA) is 12.0 Å². The molecule has 0 radical (unpaired) electrons. The summed E-state index contributed by atoms with van der Waals surface area (Å²) < 4.78 is 21.9. The Hall–Kier alpha value is -1.60. The summed E-state index contributed by atoms with van der Waals surface area (Å²) in [5.74, 6) is 0.528. The molecular formula is C20H23N. The van der Waals surface area contributed by atoms with Crippen LogP contribution in [-0.2, 0) is 5.41 Å². The van der Waals surface area contributed by atoms with Gasteiger partial charge in [-0.3, -0.25) is 0 Å². The summed E-state index contributed by atoms with van der Waals surface area (Å²) in [6.45, 7) is -1.51. The molecule has 2 aromatic rings. The molecule has 0 saturated heterocycles. The van der Waals surface area contributed by atoms with E-state index in [1.54, 1.807) is 0 Å². The first-order valence-electron chi connectivity index (χ1n) is 9.45. The maximum Gasteiger partial charge on any atom is 0.0391 e. The third-order valence-corrected chi connectivity index (χ3v) is 5.47. The smallest absolute Gasteiger partial charge is 0.0391 e. The largest absolute Gasteiger partial charge is 0.320 e. The molecule has 5 rings (SSSR count). The van der Waals surface area contributed by atoms with Crippen LogP contribution < -0.4 is 5.32 Å². The van der Waals surface area contributed by atoms with Gasteiger partial charge in [-0.25, -0.2) is 0 Å². The Bertz CT molecular complexity index is 703. The van der Waals surface area contributed by atoms with Crippen molar-refractivity contribution in [2.24, 2.45) is 0 Å². The van der Waals surface area contributed by atoms with Crippen molar-refractivity contribution in [3.8, 4) is 0 Å². The lowest BCUT2D eigenvalue weighted by Gasteiger charge is -2.50. The Morgan fingerprint density at radius 1 is 1.10 bits per heavy atom. The van der Waals surface area contributed by atoms with E-state index < -0.39 is 6.98 Å². The van der Waals surface area contributed by atoms with E-state index in [9.17, 15) is 0 Å². The highest BCUT2D eigenvalue weighted by molar-refractivity contribution is 5.58. The third-order valence-electron chi connectivity index (χ3n) is 5.47. The molecule has 108 valence electrons. The van der Waals surface area contributed by atoms with E-state index in [2.05, 4.69) is 53.8 Å². The van der Waals surface area contributed by atoms with Gasteiger partial charge in [-0.15, -0.1) is 0 Å². The maximum atomic E-state index is 7.31. The van der Waals surface area contributed by atoms with Crippen molar-refractivity contribution >= 4 is 0 Å². The van der Waals surface area contributed by atoms with Crippen molar-refractivity contribution in [2.75, 3.05) is 13.5 Å². The lowest BCUT2D eigenvalue weighted by atomic mass is 9.54. The van der Waals surface area contributed by atoms with Gasteiger partial charge in [-0.2, -0.15) is 0 Å². The quantitative estimate of drug-likeness (QED) is 0.654. The predicted molar refractivity (Wildman–Crippen MR) is 87.9 cm³/mol. The van der Waals surface area contributed by atoms with E-state index in [1.165, 1.54) is 35.1 Å². The van der Waals surface area contributed by atoms with Gasteiger partial charge in [-0.05, 0) is 61.5 Å². The van der Waals surface area contributed by atoms with Crippen LogP contribution in [0, 0.1) is 0 Å². The third kappa shape index (κ3) is 1.80. The van der Waals surface area contributed by atoms with E-state index in [-0.39, 0.29) is 5.41 Å². The Morgan fingerprint density at radius 2 is 1.76 bits per heavy atom. The fourth-order valence-corrected chi connectivity index (χ4v) is 4.63. The number of hydrogen-bond donors (Lipinski definition) is 1. The lowest BCUT2D eigenvalue weighted by molar-refractivity contribution is 0.341. The van der Waals surface area contributed by atoms with Gasteiger partial charge in [0.05, 0.1) is 0 Å². The van der Waals surface area contributed by atoms with Gasteiger partial charge in [0.15, 0.2) is 0 Å². The number of fused-ring (bicyclic) bond motifs is 1. The van der Waals surface area contributed by atoms with Gasteiger partial charge in [0, 0.05) is 15.4 Å². The highest BCUT2D eigenvalue weighted by atomic mass is 14.9. The molecule has 1 heteroatoms. The Morgan fingerprint density at radius 3 is 2.43 bits per heavy atom. The van der Waals surface area contributed by atoms with Crippen LogP contribution in [0.3, 0.4) is 0 Å². The van der Waals surface area contributed by atoms with Gasteiger partial charge in [0.1, 0.15) is 0 Å². The number of nitrogens with one attached hydrogen (secondary N) is 1. The molecule has 3 aliphatic carbocycles. The molecule has 3 aliphatic rings. The average Bonchev–Trinajstić information content (AvgIpc) is 2.59. The van der Waals surface area contributed by atoms with Crippen LogP contribution in [0.2, 0.25) is 0 Å². The first-order valence-corrected chi connectivity index (χ1v) is 7.95. The highest BCUT2D eigenvalue weighted by Crippen LogP contribution is 2.57. The number of benzene rings is 2. The summed E-state index contributed by atoms with van der Waals surface area (Å²) in [6.07, 6.45) is 4.22. The summed E-state index contributed by atoms with van der Waals surface area (Å²) in [5.41, 5.74) is 5.94. The predicted octanol–water partition coefficient (Wildman–Crippen LogP) is 4.21. The van der Waals surface area contributed by atoms with Crippen LogP contribution >= 0.6 is 0 Å². The van der Waals surface area contributed by atoms with E-state index >= 15 is 0 Å². The summed E-state index contributed by atoms with van der Waals surface area (Å²) in [5, 5.41) is 2.66. The first kappa shape index (κ1) is 10.2. The summed E-state index contributed by atoms with van der Waals surface area (Å²) in [6, 6.07) is 17.7. The van der Waals surface area contributed by atoms with Gasteiger partial charge in [0.2, 0.25) is 0 Å². The van der Waals surface area contributed by atoms with Crippen molar-refractivity contribution in [1.29, 1.82) is 0 Å². The standard InChI is InChI=1S/C20H23N/c1-21-14-6-12-20-13-11-15(16-7-2-4-9-18(16)20)17-8-3-5-10-19(17)20/h2-5,7-10,15,21H,6,11-14H2,1H3/i1+1D3. The van der Waals surface area contributed by atoms with E-state index in [4.69, 9.17) is 4.11 Å². The normalized spacial score (nSPS) is 28.2. The zero-order chi connectivity index (χ0) is 16.8. The Balaban J connectivity index is 1.69. The number of hydrogen-bond acceptors (Lipinski definition) is 1. The second-order valence-electron chi connectivity index (χ2n) is 6.38. The molecule has 0 spiro atoms. The molecule has 0 atom stereocenters. The van der Waals surface area contributed by atoms with Crippen LogP contribution in [0.1, 0.15) is 58.0 Å². The molecule has 0 amide bonds. The summed E-state index contributed by atoms with van der Waals surface area (Å²) >= 11 is 0. The molecule has 0 fully saturated rings. The van der Waals surface area contributed by atoms with Crippen LogP contribution in [0.5, 0.6) is 0 Å². The fraction of sp³-hybridized carbons (Fsp3) is 0.400. The van der Waals surface area contributed by atoms with Crippen molar-refractivity contribution in [3.63, 3.8) is 0 Å². The molecule has 0 aromatic heterocycles. The fourth-order valence-electron chi connectivity index (χ4n) is 4.63. The zero-order valence-electron chi connectivity index (χ0n) is 15.2. The van der Waals surface area contributed by atoms with Crippen molar-refractivity contribution in [3.05, 3.63) is 70.8 Å². The van der Waals surface area contributed by atoms with Crippen LogP contribution in [0.25, 0.3) is 0 Å². The van der Waals surface area contributed by atoms with Crippen molar-refractivity contribution < 1.29 is 4.11 Å². The molecule has 0 unspecified atom stereocenters. The molecule has 0 aliphatic heterocycles. The second kappa shape index (κ2) is 4.99. The molecule has 0 saturated carbocycles. The van der Waals surface area contributed by atoms with E-state index in [0.29, 0.717) is 12.5 Å².